The standard InChI is InChI=1S/C13H18Br2N2O/c1-8(2)5-9(7-16)13(18)17-12-4-3-10(14)6-11(12)15/h3-4,6,8-9H,5,7,16H2,1-2H3,(H,17,18). The number of carbonyl (C=O) groups is 1. The molecule has 3 nitrogen and oxygen atoms in total. The van der Waals surface area contributed by atoms with Crippen molar-refractivity contribution in [1.29, 1.82) is 0 Å². The van der Waals surface area contributed by atoms with Crippen LogP contribution >= 0.6 is 31.9 Å². The van der Waals surface area contributed by atoms with Gasteiger partial charge in [0.2, 0.25) is 5.91 Å². The molecular formula is C13H18Br2N2O. The van der Waals surface area contributed by atoms with E-state index in [1.165, 1.54) is 0 Å². The van der Waals surface area contributed by atoms with E-state index in [-0.39, 0.29) is 11.8 Å². The van der Waals surface area contributed by atoms with Crippen LogP contribution in [0.1, 0.15) is 20.3 Å². The number of amides is 1. The lowest BCUT2D eigenvalue weighted by Gasteiger charge is -2.17. The molecule has 0 saturated carbocycles. The van der Waals surface area contributed by atoms with E-state index in [2.05, 4.69) is 51.0 Å². The van der Waals surface area contributed by atoms with Crippen LogP contribution in [0.15, 0.2) is 27.1 Å². The SMILES string of the molecule is CC(C)CC(CN)C(=O)Nc1ccc(Br)cc1Br. The molecule has 1 rings (SSSR count). The Morgan fingerprint density at radius 3 is 2.56 bits per heavy atom. The Bertz CT molecular complexity index is 421. The number of halogens is 2. The van der Waals surface area contributed by atoms with E-state index in [0.717, 1.165) is 21.1 Å². The molecule has 0 saturated heterocycles. The smallest absolute Gasteiger partial charge is 0.228 e. The molecule has 0 aliphatic rings. The van der Waals surface area contributed by atoms with Crippen LogP contribution in [-0.4, -0.2) is 12.5 Å². The van der Waals surface area contributed by atoms with Gasteiger partial charge in [0.15, 0.2) is 0 Å². The number of rotatable bonds is 5. The lowest BCUT2D eigenvalue weighted by molar-refractivity contribution is -0.120. The van der Waals surface area contributed by atoms with Crippen LogP contribution in [0.5, 0.6) is 0 Å². The van der Waals surface area contributed by atoms with Gasteiger partial charge in [0, 0.05) is 15.5 Å². The summed E-state index contributed by atoms with van der Waals surface area (Å²) in [5.41, 5.74) is 6.43. The van der Waals surface area contributed by atoms with E-state index in [4.69, 9.17) is 5.73 Å². The number of anilines is 1. The lowest BCUT2D eigenvalue weighted by Crippen LogP contribution is -2.30. The predicted molar refractivity (Wildman–Crippen MR) is 82.5 cm³/mol. The molecule has 1 amide bonds. The Kier molecular flexibility index (Phi) is 6.32. The fraction of sp³-hybridized carbons (Fsp3) is 0.462. The Labute approximate surface area is 125 Å². The van der Waals surface area contributed by atoms with Crippen molar-refractivity contribution in [2.24, 2.45) is 17.6 Å². The molecule has 1 aromatic rings. The number of nitrogens with two attached hydrogens (primary N) is 1. The molecule has 5 heteroatoms. The summed E-state index contributed by atoms with van der Waals surface area (Å²) in [4.78, 5) is 12.1. The summed E-state index contributed by atoms with van der Waals surface area (Å²) in [6.45, 7) is 4.55. The van der Waals surface area contributed by atoms with Crippen LogP contribution in [0, 0.1) is 11.8 Å². The van der Waals surface area contributed by atoms with Gasteiger partial charge in [0.1, 0.15) is 0 Å². The molecule has 1 atom stereocenters. The monoisotopic (exact) mass is 376 g/mol. The van der Waals surface area contributed by atoms with Gasteiger partial charge in [-0.2, -0.15) is 0 Å². The predicted octanol–water partition coefficient (Wildman–Crippen LogP) is 3.77. The first kappa shape index (κ1) is 15.7. The minimum absolute atomic E-state index is 0.0192. The molecule has 3 N–H and O–H groups in total. The van der Waals surface area contributed by atoms with Gasteiger partial charge in [-0.3, -0.25) is 4.79 Å². The first-order chi connectivity index (χ1) is 8.43. The van der Waals surface area contributed by atoms with Crippen molar-refractivity contribution in [2.45, 2.75) is 20.3 Å². The van der Waals surface area contributed by atoms with Crippen molar-refractivity contribution >= 4 is 43.5 Å². The van der Waals surface area contributed by atoms with Crippen molar-refractivity contribution < 1.29 is 4.79 Å². The molecule has 0 aliphatic heterocycles. The molecule has 1 aromatic carbocycles. The fourth-order valence-electron chi connectivity index (χ4n) is 1.70. The minimum atomic E-state index is -0.138. The molecular weight excluding hydrogens is 360 g/mol. The van der Waals surface area contributed by atoms with Crippen molar-refractivity contribution in [3.05, 3.63) is 27.1 Å². The molecule has 100 valence electrons. The van der Waals surface area contributed by atoms with Gasteiger partial charge in [-0.15, -0.1) is 0 Å². The highest BCUT2D eigenvalue weighted by Crippen LogP contribution is 2.26. The lowest BCUT2D eigenvalue weighted by atomic mass is 9.96. The summed E-state index contributed by atoms with van der Waals surface area (Å²) in [7, 11) is 0. The van der Waals surface area contributed by atoms with Crippen molar-refractivity contribution in [2.75, 3.05) is 11.9 Å². The van der Waals surface area contributed by atoms with E-state index >= 15 is 0 Å². The maximum absolute atomic E-state index is 12.1. The van der Waals surface area contributed by atoms with Crippen molar-refractivity contribution in [1.82, 2.24) is 0 Å². The van der Waals surface area contributed by atoms with Gasteiger partial charge in [-0.1, -0.05) is 29.8 Å². The molecule has 0 aliphatic carbocycles. The van der Waals surface area contributed by atoms with Gasteiger partial charge in [-0.05, 0) is 46.5 Å². The zero-order valence-electron chi connectivity index (χ0n) is 10.5. The zero-order chi connectivity index (χ0) is 13.7. The summed E-state index contributed by atoms with van der Waals surface area (Å²) >= 11 is 6.80. The number of carbonyl (C=O) groups excluding carboxylic acids is 1. The average molecular weight is 378 g/mol. The van der Waals surface area contributed by atoms with Gasteiger partial charge in [0.05, 0.1) is 11.6 Å². The quantitative estimate of drug-likeness (QED) is 0.820. The average Bonchev–Trinajstić information content (AvgIpc) is 2.29. The Hall–Kier alpha value is -0.390. The second-order valence-electron chi connectivity index (χ2n) is 4.68. The first-order valence-electron chi connectivity index (χ1n) is 5.90. The first-order valence-corrected chi connectivity index (χ1v) is 7.48. The van der Waals surface area contributed by atoms with Gasteiger partial charge in [-0.25, -0.2) is 0 Å². The highest BCUT2D eigenvalue weighted by molar-refractivity contribution is 9.11. The molecule has 0 bridgehead atoms. The molecule has 0 fully saturated rings. The molecule has 1 unspecified atom stereocenters. The van der Waals surface area contributed by atoms with Crippen LogP contribution in [-0.2, 0) is 4.79 Å². The van der Waals surface area contributed by atoms with E-state index in [0.29, 0.717) is 12.5 Å². The molecule has 0 spiro atoms. The number of benzene rings is 1. The molecule has 18 heavy (non-hydrogen) atoms. The number of hydrogen-bond acceptors (Lipinski definition) is 2. The van der Waals surface area contributed by atoms with E-state index < -0.39 is 0 Å². The Morgan fingerprint density at radius 2 is 2.06 bits per heavy atom. The zero-order valence-corrected chi connectivity index (χ0v) is 13.7. The van der Waals surface area contributed by atoms with Gasteiger partial charge >= 0.3 is 0 Å². The molecule has 0 heterocycles. The van der Waals surface area contributed by atoms with Crippen molar-refractivity contribution in [3.8, 4) is 0 Å². The van der Waals surface area contributed by atoms with Gasteiger partial charge in [0.25, 0.3) is 0 Å². The second-order valence-corrected chi connectivity index (χ2v) is 6.45. The normalized spacial score (nSPS) is 12.6. The van der Waals surface area contributed by atoms with Crippen LogP contribution in [0.2, 0.25) is 0 Å². The maximum atomic E-state index is 12.1. The third-order valence-electron chi connectivity index (χ3n) is 2.60. The summed E-state index contributed by atoms with van der Waals surface area (Å²) in [5, 5.41) is 2.91. The highest BCUT2D eigenvalue weighted by Gasteiger charge is 2.18. The largest absolute Gasteiger partial charge is 0.330 e. The highest BCUT2D eigenvalue weighted by atomic mass is 79.9. The molecule has 0 aromatic heterocycles. The summed E-state index contributed by atoms with van der Waals surface area (Å²) in [5.74, 6) is 0.299. The Balaban J connectivity index is 2.73. The van der Waals surface area contributed by atoms with Crippen LogP contribution in [0.25, 0.3) is 0 Å². The summed E-state index contributed by atoms with van der Waals surface area (Å²) in [6.07, 6.45) is 0.802. The minimum Gasteiger partial charge on any atom is -0.330 e. The van der Waals surface area contributed by atoms with E-state index in [1.807, 2.05) is 18.2 Å². The van der Waals surface area contributed by atoms with Crippen molar-refractivity contribution in [3.63, 3.8) is 0 Å². The summed E-state index contributed by atoms with van der Waals surface area (Å²) < 4.78 is 1.82. The topological polar surface area (TPSA) is 55.1 Å². The van der Waals surface area contributed by atoms with Crippen LogP contribution in [0.4, 0.5) is 5.69 Å². The number of nitrogens with one attached hydrogen (secondary N) is 1. The molecule has 0 radical (unpaired) electrons. The fourth-order valence-corrected chi connectivity index (χ4v) is 2.85. The number of hydrogen-bond donors (Lipinski definition) is 2. The van der Waals surface area contributed by atoms with E-state index in [9.17, 15) is 4.79 Å². The van der Waals surface area contributed by atoms with Gasteiger partial charge < -0.3 is 11.1 Å². The maximum Gasteiger partial charge on any atom is 0.228 e. The van der Waals surface area contributed by atoms with E-state index in [1.54, 1.807) is 0 Å². The summed E-state index contributed by atoms with van der Waals surface area (Å²) in [6, 6.07) is 5.64. The third kappa shape index (κ3) is 4.71. The second kappa shape index (κ2) is 7.26. The van der Waals surface area contributed by atoms with Crippen LogP contribution in [0.3, 0.4) is 0 Å². The third-order valence-corrected chi connectivity index (χ3v) is 3.75. The Morgan fingerprint density at radius 1 is 1.39 bits per heavy atom. The van der Waals surface area contributed by atoms with Crippen LogP contribution < -0.4 is 11.1 Å².